The molecule has 43 heavy (non-hydrogen) atoms. The van der Waals surface area contributed by atoms with Crippen LogP contribution in [0.1, 0.15) is 12.8 Å². The summed E-state index contributed by atoms with van der Waals surface area (Å²) in [5.74, 6) is -0.0797. The van der Waals surface area contributed by atoms with E-state index in [1.54, 1.807) is 7.11 Å². The quantitative estimate of drug-likeness (QED) is 0.0253. The number of carbonyl (C=O) groups is 2. The molecule has 0 saturated carbocycles. The number of hydrogen-bond acceptors (Lipinski definition) is 16. The van der Waals surface area contributed by atoms with Crippen molar-refractivity contribution >= 4 is 18.6 Å². The fraction of sp³-hybridized carbons (Fsp3) is 0.800. The zero-order chi connectivity index (χ0) is 31.8. The number of nitrogens with zero attached hydrogens (tertiary/aromatic N) is 2. The number of carbonyl (C=O) groups excluding carboxylic acids is 2. The average Bonchev–Trinajstić information content (AvgIpc) is 2.99. The molecule has 2 atom stereocenters. The Hall–Kier alpha value is -2.81. The fourth-order valence-corrected chi connectivity index (χ4v) is 2.85. The number of alkyl carbamates (subject to hydrolysis) is 2. The van der Waals surface area contributed by atoms with Crippen LogP contribution in [0.5, 0.6) is 0 Å². The van der Waals surface area contributed by atoms with Crippen LogP contribution in [-0.4, -0.2) is 142 Å². The van der Waals surface area contributed by atoms with E-state index >= 15 is 0 Å². The second-order valence-electron chi connectivity index (χ2n) is 8.42. The van der Waals surface area contributed by atoms with Crippen molar-refractivity contribution in [3.05, 3.63) is 12.8 Å². The number of hydrogen-bond donors (Lipinski definition) is 3. The molecule has 0 spiro atoms. The Balaban J connectivity index is 4.05. The molecule has 3 N–H and O–H groups in total. The first-order valence-corrected chi connectivity index (χ1v) is 13.6. The second kappa shape index (κ2) is 30.6. The second-order valence-corrected chi connectivity index (χ2v) is 8.42. The molecule has 2 amide bonds. The van der Waals surface area contributed by atoms with E-state index in [2.05, 4.69) is 32.1 Å². The number of methoxy groups -OCH3 is 3. The molecule has 0 aliphatic heterocycles. The summed E-state index contributed by atoms with van der Waals surface area (Å²) < 4.78 is 36.3. The number of amides is 2. The molecular formula is C25H48N4O14. The molecule has 0 aliphatic rings. The molecule has 0 aromatic carbocycles. The molecule has 0 bridgehead atoms. The van der Waals surface area contributed by atoms with Gasteiger partial charge in [-0.05, 0) is 18.1 Å². The molecule has 18 nitrogen and oxygen atoms in total. The van der Waals surface area contributed by atoms with Crippen LogP contribution in [0.3, 0.4) is 0 Å². The maximum Gasteiger partial charge on any atom is 0.407 e. The van der Waals surface area contributed by atoms with Crippen LogP contribution >= 0.6 is 0 Å². The number of hydroxylamine groups is 2. The minimum absolute atomic E-state index is 0.0195. The predicted octanol–water partition coefficient (Wildman–Crippen LogP) is 0.851. The molecule has 18 heteroatoms. The van der Waals surface area contributed by atoms with Crippen molar-refractivity contribution in [2.45, 2.75) is 18.9 Å². The van der Waals surface area contributed by atoms with E-state index in [0.717, 1.165) is 6.26 Å². The average molecular weight is 629 g/mol. The summed E-state index contributed by atoms with van der Waals surface area (Å²) in [6.07, 6.45) is 1.09. The number of rotatable bonds is 30. The summed E-state index contributed by atoms with van der Waals surface area (Å²) in [5, 5.41) is 15.0. The summed E-state index contributed by atoms with van der Waals surface area (Å²) in [6.45, 7) is 6.51. The van der Waals surface area contributed by atoms with Gasteiger partial charge in [-0.25, -0.2) is 9.59 Å². The van der Waals surface area contributed by atoms with Gasteiger partial charge in [0.15, 0.2) is 6.10 Å². The molecule has 0 fully saturated rings. The van der Waals surface area contributed by atoms with Gasteiger partial charge in [-0.3, -0.25) is 10.2 Å². The van der Waals surface area contributed by atoms with Crippen LogP contribution in [0.25, 0.3) is 0 Å². The highest BCUT2D eigenvalue weighted by Crippen LogP contribution is 2.06. The first-order valence-electron chi connectivity index (χ1n) is 13.6. The van der Waals surface area contributed by atoms with E-state index < -0.39 is 18.3 Å². The smallest absolute Gasteiger partial charge is 0.407 e. The molecule has 0 saturated heterocycles. The largest absolute Gasteiger partial charge is 0.446 e. The Morgan fingerprint density at radius 3 is 2.30 bits per heavy atom. The van der Waals surface area contributed by atoms with Crippen molar-refractivity contribution < 1.29 is 67.6 Å². The van der Waals surface area contributed by atoms with E-state index in [0.29, 0.717) is 64.3 Å². The van der Waals surface area contributed by atoms with Crippen LogP contribution in [-0.2, 0) is 52.8 Å². The van der Waals surface area contributed by atoms with Crippen molar-refractivity contribution in [3.63, 3.8) is 0 Å². The van der Waals surface area contributed by atoms with Gasteiger partial charge >= 0.3 is 12.2 Å². The van der Waals surface area contributed by atoms with E-state index in [1.165, 1.54) is 20.6 Å². The molecule has 0 aromatic heterocycles. The zero-order valence-electron chi connectivity index (χ0n) is 25.3. The highest BCUT2D eigenvalue weighted by molar-refractivity contribution is 5.68. The third-order valence-electron chi connectivity index (χ3n) is 4.89. The van der Waals surface area contributed by atoms with Crippen LogP contribution in [0, 0.1) is 5.92 Å². The lowest BCUT2D eigenvalue weighted by Crippen LogP contribution is -2.37. The normalized spacial score (nSPS) is 12.6. The molecule has 0 rings (SSSR count). The topological polar surface area (TPSA) is 196 Å². The zero-order valence-corrected chi connectivity index (χ0v) is 25.3. The minimum Gasteiger partial charge on any atom is -0.446 e. The van der Waals surface area contributed by atoms with Gasteiger partial charge in [-0.15, -0.1) is 0 Å². The van der Waals surface area contributed by atoms with Gasteiger partial charge < -0.3 is 53.6 Å². The van der Waals surface area contributed by atoms with Gasteiger partial charge in [-0.2, -0.15) is 4.89 Å². The Labute approximate surface area is 252 Å². The van der Waals surface area contributed by atoms with Gasteiger partial charge in [0.05, 0.1) is 52.7 Å². The lowest BCUT2D eigenvalue weighted by Gasteiger charge is -2.18. The monoisotopic (exact) mass is 628 g/mol. The first-order chi connectivity index (χ1) is 21.0. The van der Waals surface area contributed by atoms with Crippen molar-refractivity contribution in [1.29, 1.82) is 0 Å². The summed E-state index contributed by atoms with van der Waals surface area (Å²) in [6, 6.07) is 0. The van der Waals surface area contributed by atoms with E-state index in [4.69, 9.17) is 42.9 Å². The van der Waals surface area contributed by atoms with E-state index in [1.807, 2.05) is 0 Å². The number of aliphatic imine (C=N–C) groups is 1. The Morgan fingerprint density at radius 1 is 0.884 bits per heavy atom. The van der Waals surface area contributed by atoms with Gasteiger partial charge in [0.1, 0.15) is 12.9 Å². The lowest BCUT2D eigenvalue weighted by molar-refractivity contribution is -0.491. The Bertz CT molecular complexity index is 707. The highest BCUT2D eigenvalue weighted by Gasteiger charge is 2.17. The molecule has 0 radical (unpaired) electrons. The third kappa shape index (κ3) is 27.8. The molecule has 2 unspecified atom stereocenters. The summed E-state index contributed by atoms with van der Waals surface area (Å²) in [4.78, 5) is 46.6. The van der Waals surface area contributed by atoms with Crippen LogP contribution in [0.4, 0.5) is 9.59 Å². The van der Waals surface area contributed by atoms with Crippen molar-refractivity contribution in [1.82, 2.24) is 15.9 Å². The minimum atomic E-state index is -0.812. The van der Waals surface area contributed by atoms with Crippen molar-refractivity contribution in [3.8, 4) is 0 Å². The summed E-state index contributed by atoms with van der Waals surface area (Å²) in [5.41, 5.74) is 0. The third-order valence-corrected chi connectivity index (χ3v) is 4.89. The summed E-state index contributed by atoms with van der Waals surface area (Å²) >= 11 is 0. The number of ether oxygens (including phenoxy) is 7. The van der Waals surface area contributed by atoms with Crippen LogP contribution in [0.15, 0.2) is 17.8 Å². The molecule has 0 aliphatic carbocycles. The number of nitrogens with one attached hydrogen (secondary N) is 2. The van der Waals surface area contributed by atoms with E-state index in [-0.39, 0.29) is 45.4 Å². The maximum absolute atomic E-state index is 11.9. The Morgan fingerprint density at radius 2 is 1.60 bits per heavy atom. The van der Waals surface area contributed by atoms with Gasteiger partial charge in [-0.1, -0.05) is 11.6 Å². The Kier molecular flexibility index (Phi) is 28.6. The predicted molar refractivity (Wildman–Crippen MR) is 149 cm³/mol. The highest BCUT2D eigenvalue weighted by atomic mass is 17.3. The maximum atomic E-state index is 11.9. The van der Waals surface area contributed by atoms with E-state index in [9.17, 15) is 14.8 Å². The van der Waals surface area contributed by atoms with Crippen molar-refractivity contribution in [2.75, 3.05) is 107 Å². The molecule has 0 heterocycles. The molecular weight excluding hydrogens is 580 g/mol. The molecule has 0 aromatic rings. The fourth-order valence-electron chi connectivity index (χ4n) is 2.85. The van der Waals surface area contributed by atoms with Crippen LogP contribution < -0.4 is 10.6 Å². The van der Waals surface area contributed by atoms with Crippen LogP contribution in [0.2, 0.25) is 0 Å². The SMILES string of the molecule is C=COON(O)CCC(COC)COOC=NCCOCCCOCC(COC(=O)NCCOC)OC(=O)NCCOC. The first kappa shape index (κ1) is 40.2. The van der Waals surface area contributed by atoms with Gasteiger partial charge in [0.2, 0.25) is 6.40 Å². The van der Waals surface area contributed by atoms with Gasteiger partial charge in [0, 0.05) is 53.6 Å². The van der Waals surface area contributed by atoms with Gasteiger partial charge in [0.25, 0.3) is 0 Å². The van der Waals surface area contributed by atoms with Crippen molar-refractivity contribution in [2.24, 2.45) is 10.9 Å². The standard InChI is InChI=1S/C25H48N4O14/c1-5-39-43-29(32)11-7-22(17-35-4)18-40-41-21-26-8-16-36-12-6-13-37-19-23(42-25(31)28-10-15-34-3)20-38-24(30)27-9-14-33-2/h5,21-23,32H,1,6-20H2,2-4H3,(H,27,30)(H,28,31). The lowest BCUT2D eigenvalue weighted by atomic mass is 10.1. The summed E-state index contributed by atoms with van der Waals surface area (Å²) in [7, 11) is 4.58. The molecule has 252 valence electrons.